The number of hydrogen-bond acceptors (Lipinski definition) is 3. The first-order chi connectivity index (χ1) is 9.17. The van der Waals surface area contributed by atoms with Crippen LogP contribution in [-0.4, -0.2) is 25.0 Å². The third-order valence-corrected chi connectivity index (χ3v) is 2.75. The van der Waals surface area contributed by atoms with Crippen molar-refractivity contribution in [1.82, 2.24) is 10.3 Å². The van der Waals surface area contributed by atoms with Crippen molar-refractivity contribution >= 4 is 5.91 Å². The number of benzene rings is 1. The first kappa shape index (κ1) is 13.0. The van der Waals surface area contributed by atoms with Crippen LogP contribution in [0.4, 0.5) is 4.39 Å². The van der Waals surface area contributed by atoms with Gasteiger partial charge in [0.25, 0.3) is 5.91 Å². The number of ether oxygens (including phenoxy) is 1. The smallest absolute Gasteiger partial charge is 0.251 e. The number of pyridine rings is 1. The highest BCUT2D eigenvalue weighted by molar-refractivity contribution is 5.96. The van der Waals surface area contributed by atoms with Gasteiger partial charge in [-0.25, -0.2) is 4.39 Å². The normalized spacial score (nSPS) is 10.1. The average molecular weight is 260 g/mol. The zero-order valence-corrected chi connectivity index (χ0v) is 10.6. The summed E-state index contributed by atoms with van der Waals surface area (Å²) in [6.45, 7) is 0. The third-order valence-electron chi connectivity index (χ3n) is 2.75. The monoisotopic (exact) mass is 260 g/mol. The molecule has 0 aliphatic rings. The van der Waals surface area contributed by atoms with Crippen LogP contribution >= 0.6 is 0 Å². The first-order valence-corrected chi connectivity index (χ1v) is 5.67. The molecule has 2 rings (SSSR count). The van der Waals surface area contributed by atoms with E-state index in [4.69, 9.17) is 4.74 Å². The van der Waals surface area contributed by atoms with Crippen molar-refractivity contribution in [1.29, 1.82) is 0 Å². The molecule has 4 nitrogen and oxygen atoms in total. The van der Waals surface area contributed by atoms with Crippen molar-refractivity contribution in [3.63, 3.8) is 0 Å². The lowest BCUT2D eigenvalue weighted by Gasteiger charge is -2.11. The Morgan fingerprint density at radius 1 is 1.32 bits per heavy atom. The molecule has 2 aromatic rings. The van der Waals surface area contributed by atoms with E-state index in [1.165, 1.54) is 13.3 Å². The van der Waals surface area contributed by atoms with Gasteiger partial charge >= 0.3 is 0 Å². The summed E-state index contributed by atoms with van der Waals surface area (Å²) in [5.74, 6) is -0.203. The molecule has 0 aliphatic carbocycles. The van der Waals surface area contributed by atoms with E-state index in [0.717, 1.165) is 6.20 Å². The van der Waals surface area contributed by atoms with Gasteiger partial charge in [-0.1, -0.05) is 0 Å². The van der Waals surface area contributed by atoms with E-state index in [-0.39, 0.29) is 5.91 Å². The van der Waals surface area contributed by atoms with E-state index in [9.17, 15) is 9.18 Å². The molecule has 98 valence electrons. The zero-order chi connectivity index (χ0) is 13.8. The number of nitrogens with one attached hydrogen (secondary N) is 1. The summed E-state index contributed by atoms with van der Waals surface area (Å²) in [7, 11) is 3.04. The van der Waals surface area contributed by atoms with E-state index >= 15 is 0 Å². The minimum Gasteiger partial charge on any atom is -0.496 e. The highest BCUT2D eigenvalue weighted by Gasteiger charge is 2.13. The highest BCUT2D eigenvalue weighted by atomic mass is 19.1. The van der Waals surface area contributed by atoms with Crippen LogP contribution < -0.4 is 10.1 Å². The van der Waals surface area contributed by atoms with Gasteiger partial charge in [0.05, 0.1) is 13.3 Å². The van der Waals surface area contributed by atoms with Gasteiger partial charge in [-0.05, 0) is 24.3 Å². The quantitative estimate of drug-likeness (QED) is 0.921. The number of halogens is 1. The lowest BCUT2D eigenvalue weighted by atomic mass is 10.0. The van der Waals surface area contributed by atoms with E-state index < -0.39 is 5.82 Å². The lowest BCUT2D eigenvalue weighted by molar-refractivity contribution is 0.0963. The van der Waals surface area contributed by atoms with Gasteiger partial charge in [0.1, 0.15) is 11.6 Å². The van der Waals surface area contributed by atoms with Crippen molar-refractivity contribution in [2.24, 2.45) is 0 Å². The lowest BCUT2D eigenvalue weighted by Crippen LogP contribution is -2.17. The molecule has 19 heavy (non-hydrogen) atoms. The fraction of sp³-hybridized carbons (Fsp3) is 0.143. The summed E-state index contributed by atoms with van der Waals surface area (Å²) in [6, 6.07) is 6.40. The molecule has 0 fully saturated rings. The van der Waals surface area contributed by atoms with Crippen LogP contribution in [0, 0.1) is 5.82 Å². The molecule has 5 heteroatoms. The molecule has 0 unspecified atom stereocenters. The summed E-state index contributed by atoms with van der Waals surface area (Å²) in [4.78, 5) is 15.3. The summed E-state index contributed by atoms with van der Waals surface area (Å²) in [6.07, 6.45) is 2.62. The van der Waals surface area contributed by atoms with Crippen LogP contribution in [0.3, 0.4) is 0 Å². The maximum atomic E-state index is 13.8. The molecule has 1 aromatic heterocycles. The number of rotatable bonds is 3. The van der Waals surface area contributed by atoms with Gasteiger partial charge in [0.15, 0.2) is 0 Å². The van der Waals surface area contributed by atoms with Gasteiger partial charge < -0.3 is 10.1 Å². The molecule has 1 heterocycles. The van der Waals surface area contributed by atoms with E-state index in [1.54, 1.807) is 31.3 Å². The van der Waals surface area contributed by atoms with E-state index in [1.807, 2.05) is 0 Å². The second-order valence-corrected chi connectivity index (χ2v) is 3.85. The Morgan fingerprint density at radius 2 is 2.11 bits per heavy atom. The maximum absolute atomic E-state index is 13.8. The second-order valence-electron chi connectivity index (χ2n) is 3.85. The number of hydrogen-bond donors (Lipinski definition) is 1. The Bertz CT molecular complexity index is 614. The van der Waals surface area contributed by atoms with Crippen LogP contribution in [0.2, 0.25) is 0 Å². The van der Waals surface area contributed by atoms with Crippen LogP contribution in [0.25, 0.3) is 11.1 Å². The fourth-order valence-corrected chi connectivity index (χ4v) is 1.80. The van der Waals surface area contributed by atoms with E-state index in [2.05, 4.69) is 10.3 Å². The minimum atomic E-state index is -0.463. The molecule has 0 bridgehead atoms. The van der Waals surface area contributed by atoms with Crippen LogP contribution in [0.15, 0.2) is 36.7 Å². The Morgan fingerprint density at radius 3 is 2.74 bits per heavy atom. The minimum absolute atomic E-state index is 0.238. The fourth-order valence-electron chi connectivity index (χ4n) is 1.80. The molecule has 1 N–H and O–H groups in total. The van der Waals surface area contributed by atoms with E-state index in [0.29, 0.717) is 22.4 Å². The molecule has 0 atom stereocenters. The molecule has 0 saturated heterocycles. The van der Waals surface area contributed by atoms with Crippen molar-refractivity contribution in [3.8, 4) is 16.9 Å². The summed E-state index contributed by atoms with van der Waals surface area (Å²) >= 11 is 0. The van der Waals surface area contributed by atoms with Gasteiger partial charge in [-0.3, -0.25) is 9.78 Å². The SMILES string of the molecule is CNC(=O)c1ccc(OC)c(-c2ccncc2F)c1. The van der Waals surface area contributed by atoms with Gasteiger partial charge in [0.2, 0.25) is 0 Å². The van der Waals surface area contributed by atoms with Crippen LogP contribution in [0.1, 0.15) is 10.4 Å². The predicted octanol–water partition coefficient (Wildman–Crippen LogP) is 2.26. The Labute approximate surface area is 110 Å². The summed E-state index contributed by atoms with van der Waals surface area (Å²) in [5, 5.41) is 2.53. The van der Waals surface area contributed by atoms with Crippen LogP contribution in [0.5, 0.6) is 5.75 Å². The number of nitrogens with zero attached hydrogens (tertiary/aromatic N) is 1. The van der Waals surface area contributed by atoms with Crippen molar-refractivity contribution in [2.45, 2.75) is 0 Å². The Balaban J connectivity index is 2.60. The molecule has 0 spiro atoms. The average Bonchev–Trinajstić information content (AvgIpc) is 2.46. The van der Waals surface area contributed by atoms with Gasteiger partial charge in [0, 0.05) is 29.9 Å². The zero-order valence-electron chi connectivity index (χ0n) is 10.6. The second kappa shape index (κ2) is 5.48. The Kier molecular flexibility index (Phi) is 3.75. The number of carbonyl (C=O) groups is 1. The molecular weight excluding hydrogens is 247 g/mol. The van der Waals surface area contributed by atoms with Crippen molar-refractivity contribution in [3.05, 3.63) is 48.0 Å². The van der Waals surface area contributed by atoms with Crippen LogP contribution in [-0.2, 0) is 0 Å². The highest BCUT2D eigenvalue weighted by Crippen LogP contribution is 2.32. The number of carbonyl (C=O) groups excluding carboxylic acids is 1. The molecule has 0 aliphatic heterocycles. The maximum Gasteiger partial charge on any atom is 0.251 e. The summed E-state index contributed by atoms with van der Waals surface area (Å²) < 4.78 is 19.0. The van der Waals surface area contributed by atoms with Crippen molar-refractivity contribution in [2.75, 3.05) is 14.2 Å². The largest absolute Gasteiger partial charge is 0.496 e. The van der Waals surface area contributed by atoms with Gasteiger partial charge in [-0.2, -0.15) is 0 Å². The standard InChI is InChI=1S/C14H13FN2O2/c1-16-14(18)9-3-4-13(19-2)11(7-9)10-5-6-17-8-12(10)15/h3-8H,1-2H3,(H,16,18). The molecule has 1 amide bonds. The first-order valence-electron chi connectivity index (χ1n) is 5.67. The molecule has 0 radical (unpaired) electrons. The number of aromatic nitrogens is 1. The summed E-state index contributed by atoms with van der Waals surface area (Å²) in [5.41, 5.74) is 1.30. The molecular formula is C14H13FN2O2. The van der Waals surface area contributed by atoms with Gasteiger partial charge in [-0.15, -0.1) is 0 Å². The predicted molar refractivity (Wildman–Crippen MR) is 69.6 cm³/mol. The topological polar surface area (TPSA) is 51.2 Å². The number of methoxy groups -OCH3 is 1. The molecule has 1 aromatic carbocycles. The van der Waals surface area contributed by atoms with Crippen molar-refractivity contribution < 1.29 is 13.9 Å². The number of amides is 1. The third kappa shape index (κ3) is 2.54. The Hall–Kier alpha value is -2.43. The molecule has 0 saturated carbocycles.